The maximum Gasteiger partial charge on any atom is -0.00670 e. The fourth-order valence-electron chi connectivity index (χ4n) is 1.64. The summed E-state index contributed by atoms with van der Waals surface area (Å²) in [6.07, 6.45) is 3.46. The SMILES string of the molecule is C=C1CCc2ccccc2C1. The summed E-state index contributed by atoms with van der Waals surface area (Å²) in [7, 11) is 0. The predicted octanol–water partition coefficient (Wildman–Crippen LogP) is 2.73. The summed E-state index contributed by atoms with van der Waals surface area (Å²) in [6, 6.07) is 8.66. The highest BCUT2D eigenvalue weighted by molar-refractivity contribution is 5.34. The molecular formula is C11H12. The van der Waals surface area contributed by atoms with Crippen molar-refractivity contribution < 1.29 is 0 Å². The van der Waals surface area contributed by atoms with E-state index in [2.05, 4.69) is 30.8 Å². The smallest absolute Gasteiger partial charge is 0.00670 e. The van der Waals surface area contributed by atoms with Crippen LogP contribution in [0.4, 0.5) is 0 Å². The van der Waals surface area contributed by atoms with E-state index in [1.807, 2.05) is 0 Å². The fourth-order valence-corrected chi connectivity index (χ4v) is 1.64. The van der Waals surface area contributed by atoms with Crippen LogP contribution in [0, 0.1) is 0 Å². The van der Waals surface area contributed by atoms with Crippen molar-refractivity contribution in [3.63, 3.8) is 0 Å². The second-order valence-corrected chi connectivity index (χ2v) is 3.20. The minimum absolute atomic E-state index is 1.09. The van der Waals surface area contributed by atoms with Crippen LogP contribution < -0.4 is 0 Å². The zero-order valence-corrected chi connectivity index (χ0v) is 6.64. The Hall–Kier alpha value is -1.04. The van der Waals surface area contributed by atoms with E-state index in [0.29, 0.717) is 0 Å². The predicted molar refractivity (Wildman–Crippen MR) is 47.6 cm³/mol. The van der Waals surface area contributed by atoms with Crippen molar-refractivity contribution in [2.75, 3.05) is 0 Å². The molecule has 0 aromatic heterocycles. The molecule has 0 radical (unpaired) electrons. The summed E-state index contributed by atoms with van der Waals surface area (Å²) < 4.78 is 0. The summed E-state index contributed by atoms with van der Waals surface area (Å²) in [5.74, 6) is 0. The molecule has 56 valence electrons. The van der Waals surface area contributed by atoms with Crippen LogP contribution in [0.3, 0.4) is 0 Å². The molecule has 1 aliphatic rings. The topological polar surface area (TPSA) is 0 Å². The highest BCUT2D eigenvalue weighted by atomic mass is 14.1. The van der Waals surface area contributed by atoms with Gasteiger partial charge >= 0.3 is 0 Å². The summed E-state index contributed by atoms with van der Waals surface area (Å²) >= 11 is 0. The van der Waals surface area contributed by atoms with Crippen molar-refractivity contribution in [3.05, 3.63) is 47.5 Å². The van der Waals surface area contributed by atoms with Crippen molar-refractivity contribution in [1.82, 2.24) is 0 Å². The summed E-state index contributed by atoms with van der Waals surface area (Å²) in [5, 5.41) is 0. The first-order valence-electron chi connectivity index (χ1n) is 4.10. The largest absolute Gasteiger partial charge is 0.0995 e. The highest BCUT2D eigenvalue weighted by Crippen LogP contribution is 2.22. The molecule has 11 heavy (non-hydrogen) atoms. The standard InChI is InChI=1S/C11H12/c1-9-6-7-10-4-2-3-5-11(10)8-9/h2-5H,1,6-8H2. The monoisotopic (exact) mass is 144 g/mol. The summed E-state index contributed by atoms with van der Waals surface area (Å²) in [6.45, 7) is 4.01. The molecule has 0 saturated carbocycles. The minimum atomic E-state index is 1.09. The Morgan fingerprint density at radius 3 is 2.55 bits per heavy atom. The first-order chi connectivity index (χ1) is 5.36. The lowest BCUT2D eigenvalue weighted by Gasteiger charge is -2.16. The van der Waals surface area contributed by atoms with Gasteiger partial charge in [-0.05, 0) is 30.4 Å². The maximum absolute atomic E-state index is 4.01. The lowest BCUT2D eigenvalue weighted by atomic mass is 9.89. The van der Waals surface area contributed by atoms with E-state index in [1.165, 1.54) is 29.5 Å². The van der Waals surface area contributed by atoms with Crippen LogP contribution in [-0.2, 0) is 12.8 Å². The third kappa shape index (κ3) is 1.21. The van der Waals surface area contributed by atoms with E-state index in [4.69, 9.17) is 0 Å². The van der Waals surface area contributed by atoms with Crippen molar-refractivity contribution in [1.29, 1.82) is 0 Å². The summed E-state index contributed by atoms with van der Waals surface area (Å²) in [5.41, 5.74) is 4.37. The molecule has 0 nitrogen and oxygen atoms in total. The molecule has 0 atom stereocenters. The van der Waals surface area contributed by atoms with E-state index in [1.54, 1.807) is 0 Å². The molecule has 0 saturated heterocycles. The number of allylic oxidation sites excluding steroid dienone is 1. The van der Waals surface area contributed by atoms with Crippen LogP contribution in [0.25, 0.3) is 0 Å². The van der Waals surface area contributed by atoms with Crippen LogP contribution >= 0.6 is 0 Å². The molecule has 1 aliphatic carbocycles. The van der Waals surface area contributed by atoms with E-state index in [0.717, 1.165) is 6.42 Å². The van der Waals surface area contributed by atoms with Crippen molar-refractivity contribution in [2.24, 2.45) is 0 Å². The Bertz CT molecular complexity index is 284. The molecule has 0 heteroatoms. The molecule has 0 amide bonds. The molecule has 0 bridgehead atoms. The Balaban J connectivity index is 2.41. The van der Waals surface area contributed by atoms with Crippen LogP contribution in [0.5, 0.6) is 0 Å². The van der Waals surface area contributed by atoms with Gasteiger partial charge in [-0.15, -0.1) is 0 Å². The second kappa shape index (κ2) is 2.54. The lowest BCUT2D eigenvalue weighted by molar-refractivity contribution is 0.841. The molecule has 1 aromatic carbocycles. The van der Waals surface area contributed by atoms with Gasteiger partial charge in [0.15, 0.2) is 0 Å². The molecular weight excluding hydrogens is 132 g/mol. The van der Waals surface area contributed by atoms with Gasteiger partial charge in [-0.1, -0.05) is 36.4 Å². The van der Waals surface area contributed by atoms with Gasteiger partial charge in [0.05, 0.1) is 0 Å². The lowest BCUT2D eigenvalue weighted by Crippen LogP contribution is -2.03. The average molecular weight is 144 g/mol. The van der Waals surface area contributed by atoms with Crippen LogP contribution in [0.2, 0.25) is 0 Å². The van der Waals surface area contributed by atoms with E-state index in [9.17, 15) is 0 Å². The second-order valence-electron chi connectivity index (χ2n) is 3.20. The van der Waals surface area contributed by atoms with Crippen molar-refractivity contribution in [2.45, 2.75) is 19.3 Å². The Labute approximate surface area is 67.6 Å². The van der Waals surface area contributed by atoms with Gasteiger partial charge in [0.1, 0.15) is 0 Å². The molecule has 0 spiro atoms. The molecule has 0 N–H and O–H groups in total. The molecule has 2 rings (SSSR count). The third-order valence-corrected chi connectivity index (χ3v) is 2.31. The van der Waals surface area contributed by atoms with Crippen LogP contribution in [0.15, 0.2) is 36.4 Å². The Morgan fingerprint density at radius 2 is 1.73 bits per heavy atom. The zero-order valence-electron chi connectivity index (χ0n) is 6.64. The fraction of sp³-hybridized carbons (Fsp3) is 0.273. The van der Waals surface area contributed by atoms with Gasteiger partial charge in [-0.3, -0.25) is 0 Å². The normalized spacial score (nSPS) is 16.2. The molecule has 1 aromatic rings. The Kier molecular flexibility index (Phi) is 1.54. The van der Waals surface area contributed by atoms with E-state index >= 15 is 0 Å². The number of hydrogen-bond acceptors (Lipinski definition) is 0. The van der Waals surface area contributed by atoms with Gasteiger partial charge in [0.25, 0.3) is 0 Å². The quantitative estimate of drug-likeness (QED) is 0.491. The number of hydrogen-bond donors (Lipinski definition) is 0. The number of aryl methyl sites for hydroxylation is 1. The van der Waals surface area contributed by atoms with Gasteiger partial charge in [0, 0.05) is 0 Å². The highest BCUT2D eigenvalue weighted by Gasteiger charge is 2.09. The average Bonchev–Trinajstić information content (AvgIpc) is 2.04. The number of fused-ring (bicyclic) bond motifs is 1. The maximum atomic E-state index is 4.01. The number of benzene rings is 1. The minimum Gasteiger partial charge on any atom is -0.0995 e. The summed E-state index contributed by atoms with van der Waals surface area (Å²) in [4.78, 5) is 0. The first-order valence-corrected chi connectivity index (χ1v) is 4.10. The number of rotatable bonds is 0. The Morgan fingerprint density at radius 1 is 1.00 bits per heavy atom. The van der Waals surface area contributed by atoms with E-state index in [-0.39, 0.29) is 0 Å². The van der Waals surface area contributed by atoms with E-state index < -0.39 is 0 Å². The van der Waals surface area contributed by atoms with Crippen molar-refractivity contribution in [3.8, 4) is 0 Å². The van der Waals surface area contributed by atoms with Gasteiger partial charge in [-0.25, -0.2) is 0 Å². The molecule has 0 unspecified atom stereocenters. The first kappa shape index (κ1) is 6.66. The van der Waals surface area contributed by atoms with Crippen LogP contribution in [0.1, 0.15) is 17.5 Å². The van der Waals surface area contributed by atoms with Gasteiger partial charge in [-0.2, -0.15) is 0 Å². The van der Waals surface area contributed by atoms with Gasteiger partial charge < -0.3 is 0 Å². The third-order valence-electron chi connectivity index (χ3n) is 2.31. The molecule has 0 heterocycles. The van der Waals surface area contributed by atoms with Crippen LogP contribution in [-0.4, -0.2) is 0 Å². The van der Waals surface area contributed by atoms with Gasteiger partial charge in [0.2, 0.25) is 0 Å². The molecule has 0 aliphatic heterocycles. The zero-order chi connectivity index (χ0) is 7.68. The van der Waals surface area contributed by atoms with Crippen molar-refractivity contribution >= 4 is 0 Å². The molecule has 0 fully saturated rings.